The maximum atomic E-state index is 12.5. The fourth-order valence-corrected chi connectivity index (χ4v) is 4.35. The fraction of sp³-hybridized carbons (Fsp3) is 0.167. The molecule has 1 aromatic heterocycles. The minimum absolute atomic E-state index is 0.0868. The minimum atomic E-state index is -0.131. The molecule has 0 saturated carbocycles. The van der Waals surface area contributed by atoms with Gasteiger partial charge < -0.3 is 0 Å². The Morgan fingerprint density at radius 1 is 1.19 bits per heavy atom. The number of amides is 2. The van der Waals surface area contributed by atoms with Gasteiger partial charge in [0.05, 0.1) is 10.6 Å². The van der Waals surface area contributed by atoms with Crippen LogP contribution in [0, 0.1) is 0 Å². The van der Waals surface area contributed by atoms with Crippen LogP contribution < -0.4 is 10.9 Å². The second-order valence-corrected chi connectivity index (χ2v) is 8.15. The van der Waals surface area contributed by atoms with E-state index >= 15 is 0 Å². The SMILES string of the molecule is O=C(CCCN1C(=O)/C(=C/c2cccs2)SC1=S)NNc1ccccc1. The van der Waals surface area contributed by atoms with Crippen LogP contribution in [0.5, 0.6) is 0 Å². The molecule has 1 aromatic carbocycles. The lowest BCUT2D eigenvalue weighted by atomic mass is 10.3. The van der Waals surface area contributed by atoms with E-state index in [1.54, 1.807) is 16.2 Å². The van der Waals surface area contributed by atoms with Gasteiger partial charge in [0.1, 0.15) is 4.32 Å². The quantitative estimate of drug-likeness (QED) is 0.417. The number of carbonyl (C=O) groups excluding carboxylic acids is 2. The molecule has 0 aliphatic carbocycles. The number of rotatable bonds is 7. The number of carbonyl (C=O) groups is 2. The number of anilines is 1. The molecule has 3 rings (SSSR count). The lowest BCUT2D eigenvalue weighted by molar-refractivity contribution is -0.123. The fourth-order valence-electron chi connectivity index (χ4n) is 2.32. The summed E-state index contributed by atoms with van der Waals surface area (Å²) in [5.74, 6) is -0.218. The molecule has 0 spiro atoms. The number of hydrogen-bond donors (Lipinski definition) is 2. The van der Waals surface area contributed by atoms with Crippen molar-refractivity contribution in [2.24, 2.45) is 0 Å². The smallest absolute Gasteiger partial charge is 0.266 e. The largest absolute Gasteiger partial charge is 0.299 e. The van der Waals surface area contributed by atoms with E-state index in [9.17, 15) is 9.59 Å². The summed E-state index contributed by atoms with van der Waals surface area (Å²) in [5, 5.41) is 1.97. The Labute approximate surface area is 165 Å². The first-order chi connectivity index (χ1) is 12.6. The van der Waals surface area contributed by atoms with E-state index in [4.69, 9.17) is 12.2 Å². The Morgan fingerprint density at radius 3 is 2.73 bits per heavy atom. The summed E-state index contributed by atoms with van der Waals surface area (Å²) in [5.41, 5.74) is 6.32. The predicted molar refractivity (Wildman–Crippen MR) is 112 cm³/mol. The van der Waals surface area contributed by atoms with Gasteiger partial charge in [0.25, 0.3) is 5.91 Å². The molecule has 1 fully saturated rings. The number of thiocarbonyl (C=S) groups is 1. The minimum Gasteiger partial charge on any atom is -0.299 e. The Kier molecular flexibility index (Phi) is 6.43. The molecule has 134 valence electrons. The van der Waals surface area contributed by atoms with Gasteiger partial charge >= 0.3 is 0 Å². The van der Waals surface area contributed by atoms with Crippen LogP contribution in [-0.4, -0.2) is 27.6 Å². The number of hydrazine groups is 1. The molecule has 26 heavy (non-hydrogen) atoms. The van der Waals surface area contributed by atoms with Crippen LogP contribution in [0.2, 0.25) is 0 Å². The van der Waals surface area contributed by atoms with E-state index in [1.807, 2.05) is 53.9 Å². The number of hydrogen-bond acceptors (Lipinski definition) is 6. The third-order valence-electron chi connectivity index (χ3n) is 3.60. The van der Waals surface area contributed by atoms with E-state index in [2.05, 4.69) is 10.9 Å². The summed E-state index contributed by atoms with van der Waals surface area (Å²) in [6.07, 6.45) is 2.71. The Balaban J connectivity index is 1.45. The van der Waals surface area contributed by atoms with Crippen LogP contribution in [-0.2, 0) is 9.59 Å². The highest BCUT2D eigenvalue weighted by molar-refractivity contribution is 8.26. The Bertz CT molecular complexity index is 819. The van der Waals surface area contributed by atoms with Crippen LogP contribution in [0.1, 0.15) is 17.7 Å². The summed E-state index contributed by atoms with van der Waals surface area (Å²) in [4.78, 5) is 27.6. The highest BCUT2D eigenvalue weighted by Crippen LogP contribution is 2.33. The van der Waals surface area contributed by atoms with Crippen LogP contribution in [0.3, 0.4) is 0 Å². The second-order valence-electron chi connectivity index (χ2n) is 5.49. The summed E-state index contributed by atoms with van der Waals surface area (Å²) in [6, 6.07) is 13.3. The van der Waals surface area contributed by atoms with Crippen molar-refractivity contribution in [2.75, 3.05) is 12.0 Å². The third kappa shape index (κ3) is 4.94. The molecule has 8 heteroatoms. The van der Waals surface area contributed by atoms with Gasteiger partial charge in [-0.25, -0.2) is 0 Å². The molecule has 0 atom stereocenters. The molecule has 5 nitrogen and oxygen atoms in total. The summed E-state index contributed by atoms with van der Waals surface area (Å²) in [7, 11) is 0. The lowest BCUT2D eigenvalue weighted by Crippen LogP contribution is -2.32. The molecule has 0 unspecified atom stereocenters. The average Bonchev–Trinajstić information content (AvgIpc) is 3.24. The molecule has 0 bridgehead atoms. The van der Waals surface area contributed by atoms with Crippen molar-refractivity contribution in [3.05, 3.63) is 57.6 Å². The molecule has 0 radical (unpaired) electrons. The topological polar surface area (TPSA) is 61.4 Å². The summed E-state index contributed by atoms with van der Waals surface area (Å²) < 4.78 is 0.542. The normalized spacial score (nSPS) is 15.5. The molecule has 2 aromatic rings. The molecule has 2 N–H and O–H groups in total. The zero-order valence-corrected chi connectivity index (χ0v) is 16.3. The van der Waals surface area contributed by atoms with Gasteiger partial charge in [-0.15, -0.1) is 11.3 Å². The van der Waals surface area contributed by atoms with Crippen molar-refractivity contribution in [1.29, 1.82) is 0 Å². The predicted octanol–water partition coefficient (Wildman–Crippen LogP) is 3.87. The molecule has 1 aliphatic heterocycles. The number of thiophene rings is 1. The molecule has 2 amide bonds. The van der Waals surface area contributed by atoms with Crippen LogP contribution in [0.25, 0.3) is 6.08 Å². The van der Waals surface area contributed by atoms with E-state index in [1.165, 1.54) is 11.8 Å². The van der Waals surface area contributed by atoms with Gasteiger partial charge in [-0.1, -0.05) is 48.2 Å². The van der Waals surface area contributed by atoms with Crippen molar-refractivity contribution in [3.63, 3.8) is 0 Å². The number of nitrogens with one attached hydrogen (secondary N) is 2. The molecule has 1 saturated heterocycles. The van der Waals surface area contributed by atoms with E-state index < -0.39 is 0 Å². The van der Waals surface area contributed by atoms with Gasteiger partial charge in [0.2, 0.25) is 5.91 Å². The van der Waals surface area contributed by atoms with Crippen LogP contribution >= 0.6 is 35.3 Å². The molecule has 2 heterocycles. The number of para-hydroxylation sites is 1. The van der Waals surface area contributed by atoms with Gasteiger partial charge in [-0.05, 0) is 36.1 Å². The average molecular weight is 404 g/mol. The number of thioether (sulfide) groups is 1. The van der Waals surface area contributed by atoms with Crippen LogP contribution in [0.15, 0.2) is 52.7 Å². The van der Waals surface area contributed by atoms with E-state index in [0.717, 1.165) is 10.6 Å². The highest BCUT2D eigenvalue weighted by Gasteiger charge is 2.31. The second kappa shape index (κ2) is 8.98. The van der Waals surface area contributed by atoms with Gasteiger partial charge in [0, 0.05) is 17.8 Å². The third-order valence-corrected chi connectivity index (χ3v) is 5.79. The van der Waals surface area contributed by atoms with Crippen molar-refractivity contribution >= 4 is 63.2 Å². The Hall–Kier alpha value is -2.16. The van der Waals surface area contributed by atoms with Crippen molar-refractivity contribution < 1.29 is 9.59 Å². The number of nitrogens with zero attached hydrogens (tertiary/aromatic N) is 1. The van der Waals surface area contributed by atoms with Crippen molar-refractivity contribution in [1.82, 2.24) is 10.3 Å². The molecular formula is C18H17N3O2S3. The van der Waals surface area contributed by atoms with Gasteiger partial charge in [-0.2, -0.15) is 0 Å². The number of benzene rings is 1. The zero-order valence-electron chi connectivity index (χ0n) is 13.8. The van der Waals surface area contributed by atoms with Crippen molar-refractivity contribution in [2.45, 2.75) is 12.8 Å². The highest BCUT2D eigenvalue weighted by atomic mass is 32.2. The van der Waals surface area contributed by atoms with Crippen molar-refractivity contribution in [3.8, 4) is 0 Å². The van der Waals surface area contributed by atoms with E-state index in [-0.39, 0.29) is 11.8 Å². The van der Waals surface area contributed by atoms with Gasteiger partial charge in [0.15, 0.2) is 0 Å². The Morgan fingerprint density at radius 2 is 2.00 bits per heavy atom. The van der Waals surface area contributed by atoms with E-state index in [0.29, 0.717) is 28.6 Å². The zero-order chi connectivity index (χ0) is 18.4. The van der Waals surface area contributed by atoms with Gasteiger partial charge in [-0.3, -0.25) is 25.3 Å². The molecule has 1 aliphatic rings. The monoisotopic (exact) mass is 403 g/mol. The standard InChI is InChI=1S/C18H17N3O2S3/c22-16(20-19-13-6-2-1-3-7-13)9-4-10-21-17(23)15(26-18(21)24)12-14-8-5-11-25-14/h1-3,5-8,11-12,19H,4,9-10H2,(H,20,22)/b15-12-. The first-order valence-corrected chi connectivity index (χ1v) is 10.1. The maximum absolute atomic E-state index is 12.5. The lowest BCUT2D eigenvalue weighted by Gasteiger charge is -2.14. The molecular weight excluding hydrogens is 386 g/mol. The summed E-state index contributed by atoms with van der Waals surface area (Å²) >= 11 is 8.19. The summed E-state index contributed by atoms with van der Waals surface area (Å²) in [6.45, 7) is 0.436. The first kappa shape index (κ1) is 18.6. The first-order valence-electron chi connectivity index (χ1n) is 8.02. The van der Waals surface area contributed by atoms with Crippen LogP contribution in [0.4, 0.5) is 5.69 Å². The maximum Gasteiger partial charge on any atom is 0.266 e.